The van der Waals surface area contributed by atoms with Crippen molar-refractivity contribution in [3.63, 3.8) is 0 Å². The summed E-state index contributed by atoms with van der Waals surface area (Å²) in [7, 11) is 5.29. The van der Waals surface area contributed by atoms with Gasteiger partial charge >= 0.3 is 0 Å². The summed E-state index contributed by atoms with van der Waals surface area (Å²) in [6.45, 7) is 0. The van der Waals surface area contributed by atoms with Gasteiger partial charge in [0.2, 0.25) is 0 Å². The van der Waals surface area contributed by atoms with Crippen molar-refractivity contribution in [1.82, 2.24) is 5.32 Å². The van der Waals surface area contributed by atoms with Gasteiger partial charge in [0, 0.05) is 13.6 Å². The molecule has 1 N–H and O–H groups in total. The highest BCUT2D eigenvalue weighted by Gasteiger charge is 2.20. The Bertz CT molecular complexity index is 634. The first-order valence-electron chi connectivity index (χ1n) is 6.44. The fourth-order valence-electron chi connectivity index (χ4n) is 2.28. The van der Waals surface area contributed by atoms with E-state index in [1.165, 1.54) is 3.57 Å². The summed E-state index contributed by atoms with van der Waals surface area (Å²) in [6, 6.07) is 12.1. The maximum absolute atomic E-state index is 5.51. The van der Waals surface area contributed by atoms with Crippen molar-refractivity contribution in [1.29, 1.82) is 0 Å². The highest BCUT2D eigenvalue weighted by atomic mass is 127. The Morgan fingerprint density at radius 1 is 1.05 bits per heavy atom. The Labute approximate surface area is 147 Å². The molecule has 112 valence electrons. The van der Waals surface area contributed by atoms with E-state index in [0.29, 0.717) is 0 Å². The fourth-order valence-corrected chi connectivity index (χ4v) is 3.27. The number of ether oxygens (including phenoxy) is 2. The lowest BCUT2D eigenvalue weighted by Crippen LogP contribution is -2.19. The average Bonchev–Trinajstić information content (AvgIpc) is 2.51. The molecule has 0 fully saturated rings. The second kappa shape index (κ2) is 7.47. The summed E-state index contributed by atoms with van der Waals surface area (Å²) >= 11 is 5.95. The second-order valence-corrected chi connectivity index (χ2v) is 6.60. The summed E-state index contributed by atoms with van der Waals surface area (Å²) < 4.78 is 13.1. The first-order valence-corrected chi connectivity index (χ1v) is 8.32. The van der Waals surface area contributed by atoms with Gasteiger partial charge in [0.1, 0.15) is 11.5 Å². The van der Waals surface area contributed by atoms with Gasteiger partial charge in [-0.15, -0.1) is 0 Å². The van der Waals surface area contributed by atoms with E-state index < -0.39 is 0 Å². The van der Waals surface area contributed by atoms with Crippen LogP contribution in [0.1, 0.15) is 17.2 Å². The van der Waals surface area contributed by atoms with Crippen LogP contribution in [-0.4, -0.2) is 21.3 Å². The lowest BCUT2D eigenvalue weighted by atomic mass is 9.97. The molecule has 2 aromatic rings. The van der Waals surface area contributed by atoms with Gasteiger partial charge in [-0.2, -0.15) is 0 Å². The SMILES string of the molecule is CNC(c1cc(I)ccc1Br)c1cc(OC)ccc1OC. The van der Waals surface area contributed by atoms with Crippen LogP contribution in [0.3, 0.4) is 0 Å². The van der Waals surface area contributed by atoms with Gasteiger partial charge in [0.15, 0.2) is 0 Å². The van der Waals surface area contributed by atoms with Crippen molar-refractivity contribution in [2.24, 2.45) is 0 Å². The van der Waals surface area contributed by atoms with Crippen LogP contribution < -0.4 is 14.8 Å². The van der Waals surface area contributed by atoms with E-state index in [9.17, 15) is 0 Å². The summed E-state index contributed by atoms with van der Waals surface area (Å²) in [5.74, 6) is 1.65. The van der Waals surface area contributed by atoms with E-state index in [-0.39, 0.29) is 6.04 Å². The van der Waals surface area contributed by atoms with Crippen LogP contribution in [0, 0.1) is 3.57 Å². The highest BCUT2D eigenvalue weighted by molar-refractivity contribution is 14.1. The predicted octanol–water partition coefficient (Wildman–Crippen LogP) is 4.38. The van der Waals surface area contributed by atoms with Crippen LogP contribution in [0.25, 0.3) is 0 Å². The predicted molar refractivity (Wildman–Crippen MR) is 97.3 cm³/mol. The molecular formula is C16H17BrINO2. The maximum Gasteiger partial charge on any atom is 0.124 e. The third kappa shape index (κ3) is 3.70. The van der Waals surface area contributed by atoms with E-state index in [0.717, 1.165) is 27.1 Å². The molecular weight excluding hydrogens is 445 g/mol. The lowest BCUT2D eigenvalue weighted by molar-refractivity contribution is 0.395. The number of rotatable bonds is 5. The van der Waals surface area contributed by atoms with Crippen LogP contribution in [0.5, 0.6) is 11.5 Å². The number of methoxy groups -OCH3 is 2. The second-order valence-electron chi connectivity index (χ2n) is 4.50. The Kier molecular flexibility index (Phi) is 5.89. The molecule has 0 aliphatic carbocycles. The Morgan fingerprint density at radius 2 is 1.81 bits per heavy atom. The minimum absolute atomic E-state index is 0.0131. The number of benzene rings is 2. The molecule has 0 aliphatic rings. The van der Waals surface area contributed by atoms with E-state index in [1.807, 2.05) is 25.2 Å². The first kappa shape index (κ1) is 16.6. The highest BCUT2D eigenvalue weighted by Crippen LogP contribution is 2.36. The molecule has 1 atom stereocenters. The number of hydrogen-bond acceptors (Lipinski definition) is 3. The minimum Gasteiger partial charge on any atom is -0.497 e. The number of hydrogen-bond donors (Lipinski definition) is 1. The average molecular weight is 462 g/mol. The van der Waals surface area contributed by atoms with E-state index in [1.54, 1.807) is 14.2 Å². The molecule has 5 heteroatoms. The number of nitrogens with one attached hydrogen (secondary N) is 1. The summed E-state index contributed by atoms with van der Waals surface area (Å²) in [6.07, 6.45) is 0. The molecule has 0 radical (unpaired) electrons. The minimum atomic E-state index is 0.0131. The summed E-state index contributed by atoms with van der Waals surface area (Å²) in [4.78, 5) is 0. The molecule has 3 nitrogen and oxygen atoms in total. The van der Waals surface area contributed by atoms with Crippen LogP contribution in [-0.2, 0) is 0 Å². The van der Waals surface area contributed by atoms with Gasteiger partial charge in [-0.1, -0.05) is 15.9 Å². The van der Waals surface area contributed by atoms with Gasteiger partial charge in [-0.25, -0.2) is 0 Å². The van der Waals surface area contributed by atoms with Crippen LogP contribution in [0.15, 0.2) is 40.9 Å². The molecule has 0 aliphatic heterocycles. The molecule has 0 bridgehead atoms. The summed E-state index contributed by atoms with van der Waals surface area (Å²) in [5.41, 5.74) is 2.21. The molecule has 0 heterocycles. The maximum atomic E-state index is 5.51. The van der Waals surface area contributed by atoms with Gasteiger partial charge in [0.05, 0.1) is 20.3 Å². The van der Waals surface area contributed by atoms with E-state index in [4.69, 9.17) is 9.47 Å². The Morgan fingerprint density at radius 3 is 2.43 bits per heavy atom. The molecule has 0 saturated carbocycles. The molecule has 0 aromatic heterocycles. The topological polar surface area (TPSA) is 30.5 Å². The summed E-state index contributed by atoms with van der Waals surface area (Å²) in [5, 5.41) is 3.36. The van der Waals surface area contributed by atoms with Gasteiger partial charge in [0.25, 0.3) is 0 Å². The quantitative estimate of drug-likeness (QED) is 0.670. The van der Waals surface area contributed by atoms with Gasteiger partial charge in [-0.05, 0) is 71.6 Å². The molecule has 0 amide bonds. The van der Waals surface area contributed by atoms with E-state index in [2.05, 4.69) is 62.0 Å². The van der Waals surface area contributed by atoms with Crippen molar-refractivity contribution in [3.05, 3.63) is 55.6 Å². The monoisotopic (exact) mass is 461 g/mol. The fraction of sp³-hybridized carbons (Fsp3) is 0.250. The van der Waals surface area contributed by atoms with Gasteiger partial charge < -0.3 is 14.8 Å². The molecule has 2 aromatic carbocycles. The zero-order chi connectivity index (χ0) is 15.4. The van der Waals surface area contributed by atoms with E-state index >= 15 is 0 Å². The molecule has 21 heavy (non-hydrogen) atoms. The standard InChI is InChI=1S/C16H17BrINO2/c1-19-16(12-8-10(18)4-6-14(12)17)13-9-11(20-2)5-7-15(13)21-3/h4-9,16,19H,1-3H3. The zero-order valence-corrected chi connectivity index (χ0v) is 15.9. The largest absolute Gasteiger partial charge is 0.497 e. The van der Waals surface area contributed by atoms with Crippen molar-refractivity contribution in [3.8, 4) is 11.5 Å². The number of halogens is 2. The van der Waals surface area contributed by atoms with Crippen molar-refractivity contribution in [2.75, 3.05) is 21.3 Å². The van der Waals surface area contributed by atoms with Crippen LogP contribution in [0.4, 0.5) is 0 Å². The molecule has 2 rings (SSSR count). The third-order valence-corrected chi connectivity index (χ3v) is 4.70. The zero-order valence-electron chi connectivity index (χ0n) is 12.1. The van der Waals surface area contributed by atoms with Crippen molar-refractivity contribution < 1.29 is 9.47 Å². The molecule has 0 saturated heterocycles. The smallest absolute Gasteiger partial charge is 0.124 e. The normalized spacial score (nSPS) is 12.0. The van der Waals surface area contributed by atoms with Crippen LogP contribution in [0.2, 0.25) is 0 Å². The third-order valence-electron chi connectivity index (χ3n) is 3.31. The Balaban J connectivity index is 2.57. The Hall–Kier alpha value is -0.790. The van der Waals surface area contributed by atoms with Crippen LogP contribution >= 0.6 is 38.5 Å². The van der Waals surface area contributed by atoms with Gasteiger partial charge in [-0.3, -0.25) is 0 Å². The molecule has 0 spiro atoms. The molecule has 1 unspecified atom stereocenters. The van der Waals surface area contributed by atoms with Crippen molar-refractivity contribution in [2.45, 2.75) is 6.04 Å². The first-order chi connectivity index (χ1) is 10.1. The lowest BCUT2D eigenvalue weighted by Gasteiger charge is -2.22. The van der Waals surface area contributed by atoms with Crippen molar-refractivity contribution >= 4 is 38.5 Å².